The van der Waals surface area contributed by atoms with E-state index in [0.29, 0.717) is 0 Å². The average molecular weight is 687 g/mol. The molecule has 1 aliphatic rings. The summed E-state index contributed by atoms with van der Waals surface area (Å²) in [6.45, 7) is 0.0309. The summed E-state index contributed by atoms with van der Waals surface area (Å²) in [5.74, 6) is -1.40. The van der Waals surface area contributed by atoms with Crippen LogP contribution >= 0.6 is 0 Å². The molecule has 0 heterocycles. The van der Waals surface area contributed by atoms with Crippen molar-refractivity contribution in [2.24, 2.45) is 0 Å². The van der Waals surface area contributed by atoms with E-state index in [9.17, 15) is 14.4 Å². The van der Waals surface area contributed by atoms with Crippen molar-refractivity contribution in [3.05, 3.63) is 203 Å². The lowest BCUT2D eigenvalue weighted by atomic mass is 9.77. The number of fused-ring (bicyclic) bond motifs is 3. The van der Waals surface area contributed by atoms with E-state index in [1.165, 1.54) is 0 Å². The molecule has 6 aromatic carbocycles. The van der Waals surface area contributed by atoms with Crippen LogP contribution in [0.5, 0.6) is 0 Å². The van der Waals surface area contributed by atoms with Gasteiger partial charge in [-0.3, -0.25) is 4.79 Å². The Morgan fingerprint density at radius 1 is 0.558 bits per heavy atom. The van der Waals surface area contributed by atoms with Gasteiger partial charge in [0.25, 0.3) is 0 Å². The number of hydrogen-bond donors (Lipinski definition) is 2. The van der Waals surface area contributed by atoms with Crippen LogP contribution in [0.15, 0.2) is 170 Å². The molecule has 7 heteroatoms. The smallest absolute Gasteiger partial charge is 0.407 e. The van der Waals surface area contributed by atoms with E-state index < -0.39 is 36.0 Å². The molecule has 52 heavy (non-hydrogen) atoms. The van der Waals surface area contributed by atoms with Crippen molar-refractivity contribution in [1.29, 1.82) is 0 Å². The zero-order chi connectivity index (χ0) is 35.8. The highest BCUT2D eigenvalue weighted by Crippen LogP contribution is 2.44. The second-order valence-corrected chi connectivity index (χ2v) is 12.7. The molecule has 0 saturated heterocycles. The number of hydrogen-bond acceptors (Lipinski definition) is 5. The second-order valence-electron chi connectivity index (χ2n) is 12.7. The summed E-state index contributed by atoms with van der Waals surface area (Å²) in [4.78, 5) is 41.4. The molecule has 2 amide bonds. The molecule has 258 valence electrons. The van der Waals surface area contributed by atoms with E-state index in [1.807, 2.05) is 158 Å². The maximum atomic E-state index is 14.3. The molecular weight excluding hydrogens is 649 g/mol. The van der Waals surface area contributed by atoms with Gasteiger partial charge in [-0.1, -0.05) is 170 Å². The number of rotatable bonds is 12. The van der Waals surface area contributed by atoms with Gasteiger partial charge in [0.05, 0.1) is 6.42 Å². The number of esters is 1. The highest BCUT2D eigenvalue weighted by atomic mass is 16.6. The average Bonchev–Trinajstić information content (AvgIpc) is 3.52. The van der Waals surface area contributed by atoms with Crippen LogP contribution in [0.25, 0.3) is 11.1 Å². The minimum Gasteiger partial charge on any atom is -0.459 e. The number of amides is 2. The van der Waals surface area contributed by atoms with E-state index >= 15 is 0 Å². The fraction of sp³-hybridized carbons (Fsp3) is 0.133. The van der Waals surface area contributed by atoms with E-state index in [-0.39, 0.29) is 19.1 Å². The third-order valence-electron chi connectivity index (χ3n) is 9.48. The zero-order valence-electron chi connectivity index (χ0n) is 28.5. The molecule has 0 aromatic heterocycles. The van der Waals surface area contributed by atoms with E-state index in [4.69, 9.17) is 9.47 Å². The van der Waals surface area contributed by atoms with Gasteiger partial charge >= 0.3 is 12.1 Å². The van der Waals surface area contributed by atoms with Crippen LogP contribution in [0.1, 0.15) is 45.7 Å². The normalized spacial score (nSPS) is 12.5. The van der Waals surface area contributed by atoms with Gasteiger partial charge in [-0.2, -0.15) is 0 Å². The van der Waals surface area contributed by atoms with Gasteiger partial charge in [-0.25, -0.2) is 9.59 Å². The minimum atomic E-state index is -1.33. The minimum absolute atomic E-state index is 0.0217. The maximum Gasteiger partial charge on any atom is 0.407 e. The lowest BCUT2D eigenvalue weighted by molar-refractivity contribution is -0.149. The molecule has 0 aliphatic heterocycles. The Morgan fingerprint density at radius 2 is 1.00 bits per heavy atom. The Hall–Kier alpha value is -6.47. The lowest BCUT2D eigenvalue weighted by Gasteiger charge is -2.37. The molecule has 7 nitrogen and oxygen atoms in total. The van der Waals surface area contributed by atoms with Crippen LogP contribution < -0.4 is 10.6 Å². The third kappa shape index (κ3) is 7.21. The summed E-state index contributed by atoms with van der Waals surface area (Å²) in [5.41, 5.74) is 6.48. The van der Waals surface area contributed by atoms with Crippen LogP contribution in [-0.2, 0) is 31.2 Å². The van der Waals surface area contributed by atoms with E-state index in [0.717, 1.165) is 44.5 Å². The molecule has 0 bridgehead atoms. The van der Waals surface area contributed by atoms with Crippen molar-refractivity contribution >= 4 is 18.0 Å². The second kappa shape index (κ2) is 15.6. The SMILES string of the molecule is O=C(CC(NC(=O)OCC1c2ccccc2-c2ccccc21)C(=O)OCc1ccccc1)NC(c1ccccc1)(c1ccccc1)c1ccccc1. The van der Waals surface area contributed by atoms with Crippen molar-refractivity contribution in [2.75, 3.05) is 6.61 Å². The van der Waals surface area contributed by atoms with Crippen molar-refractivity contribution in [1.82, 2.24) is 10.6 Å². The fourth-order valence-electron chi connectivity index (χ4n) is 7.03. The van der Waals surface area contributed by atoms with Crippen LogP contribution in [0, 0.1) is 0 Å². The summed E-state index contributed by atoms with van der Waals surface area (Å²) in [7, 11) is 0. The van der Waals surface area contributed by atoms with Crippen molar-refractivity contribution < 1.29 is 23.9 Å². The van der Waals surface area contributed by atoms with Crippen molar-refractivity contribution in [3.8, 4) is 11.1 Å². The number of alkyl carbamates (subject to hydrolysis) is 1. The molecule has 0 saturated carbocycles. The van der Waals surface area contributed by atoms with Crippen LogP contribution in [0.4, 0.5) is 4.79 Å². The summed E-state index contributed by atoms with van der Waals surface area (Å²) in [5, 5.41) is 5.94. The highest BCUT2D eigenvalue weighted by Gasteiger charge is 2.39. The molecule has 2 N–H and O–H groups in total. The van der Waals surface area contributed by atoms with Gasteiger partial charge in [-0.05, 0) is 44.5 Å². The quantitative estimate of drug-likeness (QED) is 0.100. The van der Waals surface area contributed by atoms with Crippen LogP contribution in [0.2, 0.25) is 0 Å². The zero-order valence-corrected chi connectivity index (χ0v) is 28.5. The Bertz CT molecular complexity index is 2000. The van der Waals surface area contributed by atoms with E-state index in [2.05, 4.69) is 22.8 Å². The van der Waals surface area contributed by atoms with Crippen LogP contribution in [0.3, 0.4) is 0 Å². The third-order valence-corrected chi connectivity index (χ3v) is 9.48. The first-order valence-electron chi connectivity index (χ1n) is 17.3. The molecule has 0 fully saturated rings. The van der Waals surface area contributed by atoms with Crippen molar-refractivity contribution in [2.45, 2.75) is 30.5 Å². The number of nitrogens with one attached hydrogen (secondary N) is 2. The number of carbonyl (C=O) groups excluding carboxylic acids is 3. The van der Waals surface area contributed by atoms with Gasteiger partial charge in [0.15, 0.2) is 0 Å². The number of carbonyl (C=O) groups is 3. The van der Waals surface area contributed by atoms with Crippen LogP contribution in [-0.4, -0.2) is 30.6 Å². The van der Waals surface area contributed by atoms with Gasteiger partial charge in [0.1, 0.15) is 24.8 Å². The molecule has 1 unspecified atom stereocenters. The first kappa shape index (κ1) is 34.0. The first-order valence-corrected chi connectivity index (χ1v) is 17.3. The molecule has 0 spiro atoms. The van der Waals surface area contributed by atoms with Gasteiger partial charge < -0.3 is 20.1 Å². The molecule has 0 radical (unpaired) electrons. The molecular formula is C45H38N2O5. The lowest BCUT2D eigenvalue weighted by Crippen LogP contribution is -2.51. The standard InChI is InChI=1S/C45H38N2O5/c48-42(47-45(33-19-7-2-8-20-33,34-21-9-3-10-22-34)35-23-11-4-12-24-35)29-41(43(49)51-30-32-17-5-1-6-18-32)46-44(50)52-31-40-38-27-15-13-25-36(38)37-26-14-16-28-39(37)40/h1-28,40-41H,29-31H2,(H,46,50)(H,47,48). The molecule has 7 rings (SSSR count). The van der Waals surface area contributed by atoms with E-state index in [1.54, 1.807) is 0 Å². The first-order chi connectivity index (χ1) is 25.5. The van der Waals surface area contributed by atoms with Gasteiger partial charge in [-0.15, -0.1) is 0 Å². The van der Waals surface area contributed by atoms with Crippen molar-refractivity contribution in [3.63, 3.8) is 0 Å². The monoisotopic (exact) mass is 686 g/mol. The fourth-order valence-corrected chi connectivity index (χ4v) is 7.03. The maximum absolute atomic E-state index is 14.3. The predicted octanol–water partition coefficient (Wildman–Crippen LogP) is 8.14. The molecule has 1 aliphatic carbocycles. The van der Waals surface area contributed by atoms with Gasteiger partial charge in [0.2, 0.25) is 5.91 Å². The Labute approximate surface area is 303 Å². The summed E-state index contributed by atoms with van der Waals surface area (Å²) >= 11 is 0. The topological polar surface area (TPSA) is 93.7 Å². The molecule has 6 aromatic rings. The number of benzene rings is 6. The van der Waals surface area contributed by atoms with Gasteiger partial charge in [0, 0.05) is 5.92 Å². The highest BCUT2D eigenvalue weighted by molar-refractivity contribution is 5.89. The summed E-state index contributed by atoms with van der Waals surface area (Å²) in [6.07, 6.45) is -1.22. The summed E-state index contributed by atoms with van der Waals surface area (Å²) in [6, 6.07) is 53.1. The Kier molecular flexibility index (Phi) is 10.2. The predicted molar refractivity (Wildman–Crippen MR) is 200 cm³/mol. The Morgan fingerprint density at radius 3 is 1.50 bits per heavy atom. The number of ether oxygens (including phenoxy) is 2. The Balaban J connectivity index is 1.14. The molecule has 1 atom stereocenters. The largest absolute Gasteiger partial charge is 0.459 e. The summed E-state index contributed by atoms with van der Waals surface area (Å²) < 4.78 is 11.4.